The number of likely N-dealkylation sites (tertiary alicyclic amines) is 2. The molecule has 3 N–H and O–H groups in total. The summed E-state index contributed by atoms with van der Waals surface area (Å²) in [6.07, 6.45) is 19.3. The molecule has 3 aliphatic heterocycles. The Morgan fingerprint density at radius 3 is 1.37 bits per heavy atom. The molecule has 0 atom stereocenters. The first kappa shape index (κ1) is 73.2. The smallest absolute Gasteiger partial charge is 0.410 e. The highest BCUT2D eigenvalue weighted by molar-refractivity contribution is 6.33. The minimum atomic E-state index is -0.437. The molecular weight excluding hydrogens is 1310 g/mol. The van der Waals surface area contributed by atoms with Gasteiger partial charge < -0.3 is 53.5 Å². The van der Waals surface area contributed by atoms with Gasteiger partial charge in [-0.15, -0.1) is 0 Å². The van der Waals surface area contributed by atoms with Crippen molar-refractivity contribution in [2.24, 2.45) is 0 Å². The number of nitrogens with zero attached hydrogens (tertiary/aromatic N) is 21. The number of hydrogen-bond donors (Lipinski definition) is 3. The number of carbonyl (C=O) groups excluding carboxylic acids is 2. The molecule has 3 saturated heterocycles. The molecule has 2 aromatic carbocycles. The van der Waals surface area contributed by atoms with Crippen LogP contribution in [0.5, 0.6) is 11.8 Å². The topological polar surface area (TPSA) is 324 Å². The monoisotopic (exact) mass is 1390 g/mol. The van der Waals surface area contributed by atoms with Crippen molar-refractivity contribution < 1.29 is 28.9 Å². The van der Waals surface area contributed by atoms with Gasteiger partial charge in [-0.1, -0.05) is 48.0 Å². The second-order valence-electron chi connectivity index (χ2n) is 25.0. The Morgan fingerprint density at radius 1 is 0.554 bits per heavy atom. The van der Waals surface area contributed by atoms with Crippen LogP contribution in [-0.2, 0) is 24.4 Å². The summed E-state index contributed by atoms with van der Waals surface area (Å²) in [7, 11) is 3.72. The molecule has 0 unspecified atom stereocenters. The summed E-state index contributed by atoms with van der Waals surface area (Å²) in [5.41, 5.74) is 8.23. The van der Waals surface area contributed by atoms with Gasteiger partial charge in [0.25, 0.3) is 0 Å². The maximum atomic E-state index is 12.9. The summed E-state index contributed by atoms with van der Waals surface area (Å²) in [4.78, 5) is 95.1. The van der Waals surface area contributed by atoms with Crippen LogP contribution >= 0.6 is 11.6 Å². The zero-order valence-corrected chi connectivity index (χ0v) is 59.8. The van der Waals surface area contributed by atoms with E-state index in [4.69, 9.17) is 35.8 Å². The van der Waals surface area contributed by atoms with Crippen molar-refractivity contribution in [2.45, 2.75) is 144 Å². The highest BCUT2D eigenvalue weighted by Gasteiger charge is 2.30. The van der Waals surface area contributed by atoms with E-state index in [2.05, 4.69) is 82.3 Å². The molecule has 14 rings (SSSR count). The number of anilines is 2. The van der Waals surface area contributed by atoms with Gasteiger partial charge in [-0.25, -0.2) is 74.4 Å². The van der Waals surface area contributed by atoms with Crippen molar-refractivity contribution in [3.05, 3.63) is 139 Å². The van der Waals surface area contributed by atoms with E-state index in [1.165, 1.54) is 12.7 Å². The molecule has 12 heterocycles. The van der Waals surface area contributed by atoms with E-state index in [9.17, 15) is 14.7 Å². The number of urea groups is 1. The number of ether oxygens (including phenoxy) is 3. The van der Waals surface area contributed by atoms with Crippen LogP contribution in [-0.4, -0.2) is 193 Å². The minimum Gasteiger partial charge on any atom is -0.473 e. The average molecular weight is 1400 g/mol. The summed E-state index contributed by atoms with van der Waals surface area (Å²) in [6.45, 7) is 23.7. The minimum absolute atomic E-state index is 0.00859. The molecule has 0 saturated carbocycles. The highest BCUT2D eigenvalue weighted by Crippen LogP contribution is 2.32. The van der Waals surface area contributed by atoms with Gasteiger partial charge in [0.05, 0.1) is 22.8 Å². The van der Waals surface area contributed by atoms with Crippen molar-refractivity contribution in [2.75, 3.05) is 63.6 Å². The average Bonchev–Trinajstić information content (AvgIpc) is 1.64. The molecule has 3 amide bonds. The predicted octanol–water partition coefficient (Wildman–Crippen LogP) is 10.8. The van der Waals surface area contributed by atoms with Crippen LogP contribution in [0.4, 0.5) is 21.0 Å². The Kier molecular flexibility index (Phi) is 25.0. The number of piperidine rings is 3. The fourth-order valence-electron chi connectivity index (χ4n) is 11.3. The lowest BCUT2D eigenvalue weighted by atomic mass is 10.1. The Morgan fingerprint density at radius 2 is 0.950 bits per heavy atom. The molecule has 30 heteroatoms. The van der Waals surface area contributed by atoms with Crippen LogP contribution in [0, 0.1) is 20.8 Å². The molecular formula is C71H88ClN23O6. The van der Waals surface area contributed by atoms with Crippen LogP contribution in [0.1, 0.15) is 97.5 Å². The van der Waals surface area contributed by atoms with E-state index < -0.39 is 5.60 Å². The normalized spacial score (nSPS) is 14.3. The number of halogens is 1. The van der Waals surface area contributed by atoms with E-state index in [0.29, 0.717) is 103 Å². The van der Waals surface area contributed by atoms with Crippen LogP contribution in [0.15, 0.2) is 117 Å². The number of aliphatic hydroxyl groups excluding tert-OH is 1. The third-order valence-electron chi connectivity index (χ3n) is 16.7. The van der Waals surface area contributed by atoms with Crippen LogP contribution in [0.25, 0.3) is 67.7 Å². The van der Waals surface area contributed by atoms with Gasteiger partial charge in [0, 0.05) is 121 Å². The van der Waals surface area contributed by atoms with E-state index in [1.54, 1.807) is 60.4 Å². The third kappa shape index (κ3) is 18.9. The van der Waals surface area contributed by atoms with Crippen molar-refractivity contribution in [1.29, 1.82) is 0 Å². The molecule has 3 fully saturated rings. The van der Waals surface area contributed by atoms with Gasteiger partial charge in [0.15, 0.2) is 33.1 Å². The molecule has 0 aliphatic carbocycles. The molecule has 0 bridgehead atoms. The first-order valence-electron chi connectivity index (χ1n) is 34.0. The Hall–Kier alpha value is -10.5. The lowest BCUT2D eigenvalue weighted by Crippen LogP contribution is -2.47. The molecule has 29 nitrogen and oxygen atoms in total. The molecule has 101 heavy (non-hydrogen) atoms. The van der Waals surface area contributed by atoms with Gasteiger partial charge in [0.2, 0.25) is 11.8 Å². The maximum Gasteiger partial charge on any atom is 0.410 e. The number of carbonyl (C=O) groups is 2. The zero-order valence-electron chi connectivity index (χ0n) is 59.1. The van der Waals surface area contributed by atoms with Gasteiger partial charge in [-0.3, -0.25) is 4.90 Å². The predicted molar refractivity (Wildman–Crippen MR) is 386 cm³/mol. The fourth-order valence-corrected chi connectivity index (χ4v) is 11.5. The van der Waals surface area contributed by atoms with E-state index in [-0.39, 0.29) is 30.4 Å². The SMILES string of the molecule is CC(C)(C)OC(=O)N1CCC(O)CC1.CCn1c(-c2cnc(C)nc2)nc2c(Cl)ncnc21.CCn1c(-c2cnc(C)nc2)nc2c(OC3CCN(C(=O)N(C)c4ccccc4)CC3)ncnc21.CCn1c(-c2cnc(C)nc2)nc2c(OC3CCNCC3)ncnc21.CNc1ccccc1. The van der Waals surface area contributed by atoms with Crippen LogP contribution in [0.3, 0.4) is 0 Å². The number of imidazole rings is 3. The summed E-state index contributed by atoms with van der Waals surface area (Å²) in [5.74, 6) is 5.45. The van der Waals surface area contributed by atoms with Crippen molar-refractivity contribution in [3.8, 4) is 45.9 Å². The third-order valence-corrected chi connectivity index (χ3v) is 17.0. The number of benzene rings is 2. The number of amides is 3. The molecule has 530 valence electrons. The number of rotatable bonds is 12. The lowest BCUT2D eigenvalue weighted by molar-refractivity contribution is 0.0100. The first-order valence-corrected chi connectivity index (χ1v) is 34.4. The number of aliphatic hydroxyl groups is 1. The number of fused-ring (bicyclic) bond motifs is 3. The Labute approximate surface area is 591 Å². The first-order chi connectivity index (χ1) is 48.8. The van der Waals surface area contributed by atoms with Crippen LogP contribution < -0.4 is 25.0 Å². The summed E-state index contributed by atoms with van der Waals surface area (Å²) < 4.78 is 23.7. The summed E-state index contributed by atoms with van der Waals surface area (Å²) >= 11 is 6.05. The number of para-hydroxylation sites is 2. The van der Waals surface area contributed by atoms with Crippen molar-refractivity contribution >= 4 is 68.6 Å². The van der Waals surface area contributed by atoms with Crippen molar-refractivity contribution in [1.82, 2.24) is 104 Å². The highest BCUT2D eigenvalue weighted by atomic mass is 35.5. The lowest BCUT2D eigenvalue weighted by Gasteiger charge is -2.34. The van der Waals surface area contributed by atoms with Crippen molar-refractivity contribution in [3.63, 3.8) is 0 Å². The van der Waals surface area contributed by atoms with Gasteiger partial charge in [-0.05, 0) is 125 Å². The van der Waals surface area contributed by atoms with Gasteiger partial charge in [0.1, 0.15) is 77.3 Å². The standard InChI is InChI=1S/C25H28N8O2.C17H21N7O.C12H11ClN6.C10H19NO3.C7H9N/c1-4-33-22(18-14-26-17(2)27-15-18)30-21-23(33)28-16-29-24(21)35-20-10-12-32(13-11-20)25(34)31(3)19-8-6-5-7-9-19;1-3-24-15(12-8-19-11(2)20-9-12)23-14-16(24)21-10-22-17(14)25-13-4-6-18-7-5-13;1-3-19-11(8-4-14-7(2)15-5-8)18-9-10(13)16-6-17-12(9)19;1-10(2,3)14-9(13)11-6-4-8(12)5-7-11;1-8-7-5-3-2-4-6-7/h5-9,14-16,20H,4,10-13H2,1-3H3;8-10,13,18H,3-7H2,1-2H3;4-6H,3H2,1-2H3;8,12H,4-7H2,1-3H3;2-6,8H,1H3. The number of hydrogen-bond acceptors (Lipinski definition) is 23. The zero-order chi connectivity index (χ0) is 71.6. The molecule has 3 aliphatic rings. The fraction of sp³-hybridized carbons (Fsp3) is 0.423. The number of nitrogens with one attached hydrogen (secondary N) is 2. The van der Waals surface area contributed by atoms with Gasteiger partial charge >= 0.3 is 12.1 Å². The van der Waals surface area contributed by atoms with E-state index in [1.807, 2.05) is 142 Å². The largest absolute Gasteiger partial charge is 0.473 e. The van der Waals surface area contributed by atoms with E-state index in [0.717, 1.165) is 108 Å². The second-order valence-corrected chi connectivity index (χ2v) is 25.4. The van der Waals surface area contributed by atoms with Crippen LogP contribution in [0.2, 0.25) is 5.15 Å². The molecule has 0 spiro atoms. The summed E-state index contributed by atoms with van der Waals surface area (Å²) in [5, 5.41) is 16.0. The number of aromatic nitrogens is 18. The molecule has 0 radical (unpaired) electrons. The summed E-state index contributed by atoms with van der Waals surface area (Å²) in [6, 6.07) is 19.7. The molecule has 9 aromatic heterocycles. The Bertz CT molecular complexity index is 4460. The maximum absolute atomic E-state index is 12.9. The second kappa shape index (κ2) is 34.5. The Balaban J connectivity index is 0.000000146. The van der Waals surface area contributed by atoms with E-state index >= 15 is 0 Å². The quantitative estimate of drug-likeness (QED) is 0.0957. The number of aryl methyl sites for hydroxylation is 6. The molecule has 11 aromatic rings. The van der Waals surface area contributed by atoms with Gasteiger partial charge in [-0.2, -0.15) is 9.97 Å².